The first kappa shape index (κ1) is 21.0. The molecule has 2 rings (SSSR count). The molecular formula is C16H20F3N3O4S. The summed E-state index contributed by atoms with van der Waals surface area (Å²) in [5.41, 5.74) is 0.398. The molecule has 1 N–H and O–H groups in total. The van der Waals surface area contributed by atoms with Crippen molar-refractivity contribution in [2.75, 3.05) is 20.2 Å². The summed E-state index contributed by atoms with van der Waals surface area (Å²) in [6, 6.07) is 6.19. The first-order chi connectivity index (χ1) is 12.5. The predicted molar refractivity (Wildman–Crippen MR) is 93.0 cm³/mol. The van der Waals surface area contributed by atoms with Gasteiger partial charge in [0.15, 0.2) is 5.37 Å². The normalized spacial score (nSPS) is 21.5. The zero-order chi connectivity index (χ0) is 20.4. The fourth-order valence-corrected chi connectivity index (χ4v) is 4.34. The first-order valence-corrected chi connectivity index (χ1v) is 9.65. The highest BCUT2D eigenvalue weighted by atomic mass is 32.2. The highest BCUT2D eigenvalue weighted by Crippen LogP contribution is 2.35. The Morgan fingerprint density at radius 3 is 2.22 bits per heavy atom. The lowest BCUT2D eigenvalue weighted by atomic mass is 9.96. The van der Waals surface area contributed by atoms with Crippen molar-refractivity contribution < 1.29 is 31.1 Å². The largest absolute Gasteiger partial charge is 0.497 e. The van der Waals surface area contributed by atoms with E-state index in [0.29, 0.717) is 24.4 Å². The van der Waals surface area contributed by atoms with Gasteiger partial charge in [-0.15, -0.1) is 4.40 Å². The number of ether oxygens (including phenoxy) is 1. The number of nitrogens with one attached hydrogen (secondary N) is 1. The average molecular weight is 407 g/mol. The molecule has 27 heavy (non-hydrogen) atoms. The maximum absolute atomic E-state index is 12.7. The fourth-order valence-electron chi connectivity index (χ4n) is 2.86. The highest BCUT2D eigenvalue weighted by molar-refractivity contribution is 7.91. The Morgan fingerprint density at radius 2 is 1.78 bits per heavy atom. The molecule has 0 aliphatic carbocycles. The number of amidine groups is 1. The first-order valence-electron chi connectivity index (χ1n) is 8.15. The van der Waals surface area contributed by atoms with Crippen LogP contribution < -0.4 is 10.1 Å². The van der Waals surface area contributed by atoms with Crippen LogP contribution in [-0.2, 0) is 14.8 Å². The van der Waals surface area contributed by atoms with Gasteiger partial charge in [0.1, 0.15) is 11.6 Å². The van der Waals surface area contributed by atoms with Crippen LogP contribution in [0, 0.1) is 0 Å². The van der Waals surface area contributed by atoms with Gasteiger partial charge in [-0.3, -0.25) is 4.79 Å². The number of nitrogens with zero attached hydrogens (tertiary/aromatic N) is 2. The van der Waals surface area contributed by atoms with Crippen LogP contribution in [0.3, 0.4) is 0 Å². The van der Waals surface area contributed by atoms with Crippen molar-refractivity contribution in [1.29, 1.82) is 0 Å². The molecule has 1 aromatic rings. The van der Waals surface area contributed by atoms with Gasteiger partial charge in [0.2, 0.25) is 0 Å². The maximum Gasteiger partial charge on any atom is 0.471 e. The van der Waals surface area contributed by atoms with E-state index in [1.807, 2.05) is 0 Å². The molecule has 2 atom stereocenters. The minimum absolute atomic E-state index is 0.0950. The van der Waals surface area contributed by atoms with E-state index in [9.17, 15) is 26.4 Å². The Bertz CT molecular complexity index is 818. The lowest BCUT2D eigenvalue weighted by molar-refractivity contribution is -0.173. The summed E-state index contributed by atoms with van der Waals surface area (Å²) in [4.78, 5) is 13.0. The minimum atomic E-state index is -5.21. The second-order valence-electron chi connectivity index (χ2n) is 5.78. The Hall–Kier alpha value is -2.30. The lowest BCUT2D eigenvalue weighted by Gasteiger charge is -2.28. The molecule has 0 spiro atoms. The van der Waals surface area contributed by atoms with Crippen LogP contribution in [0.25, 0.3) is 0 Å². The van der Waals surface area contributed by atoms with Gasteiger partial charge in [-0.2, -0.15) is 13.2 Å². The number of halogens is 3. The van der Waals surface area contributed by atoms with Crippen molar-refractivity contribution in [2.45, 2.75) is 31.3 Å². The van der Waals surface area contributed by atoms with Crippen LogP contribution in [0.1, 0.15) is 25.3 Å². The van der Waals surface area contributed by atoms with Gasteiger partial charge in [0.05, 0.1) is 13.0 Å². The summed E-state index contributed by atoms with van der Waals surface area (Å²) in [6.07, 6.45) is -5.21. The van der Waals surface area contributed by atoms with Crippen molar-refractivity contribution in [1.82, 2.24) is 10.2 Å². The molecule has 0 bridgehead atoms. The maximum atomic E-state index is 12.7. The smallest absolute Gasteiger partial charge is 0.471 e. The van der Waals surface area contributed by atoms with Gasteiger partial charge < -0.3 is 15.0 Å². The summed E-state index contributed by atoms with van der Waals surface area (Å²) in [7, 11) is -2.94. The Labute approximate surface area is 155 Å². The van der Waals surface area contributed by atoms with Crippen molar-refractivity contribution in [3.05, 3.63) is 29.8 Å². The van der Waals surface area contributed by atoms with E-state index in [4.69, 9.17) is 4.74 Å². The van der Waals surface area contributed by atoms with Gasteiger partial charge in [0, 0.05) is 13.1 Å². The van der Waals surface area contributed by atoms with Crippen LogP contribution in [-0.4, -0.2) is 56.8 Å². The summed E-state index contributed by atoms with van der Waals surface area (Å²) in [6.45, 7) is 4.34. The molecule has 11 heteroatoms. The number of amides is 1. The molecular weight excluding hydrogens is 387 g/mol. The molecule has 1 aliphatic rings. The van der Waals surface area contributed by atoms with E-state index >= 15 is 0 Å². The average Bonchev–Trinajstić information content (AvgIpc) is 2.86. The molecule has 0 radical (unpaired) electrons. The molecule has 0 saturated carbocycles. The number of carbonyl (C=O) groups excluding carboxylic acids is 1. The number of sulfonamides is 1. The molecule has 0 unspecified atom stereocenters. The fraction of sp³-hybridized carbons (Fsp3) is 0.500. The van der Waals surface area contributed by atoms with Gasteiger partial charge in [-0.05, 0) is 31.5 Å². The third-order valence-electron chi connectivity index (χ3n) is 4.22. The van der Waals surface area contributed by atoms with Crippen LogP contribution in [0.2, 0.25) is 0 Å². The van der Waals surface area contributed by atoms with E-state index in [2.05, 4.69) is 4.40 Å². The number of hydrogen-bond acceptors (Lipinski definition) is 5. The Kier molecular flexibility index (Phi) is 6.03. The molecule has 0 saturated heterocycles. The molecule has 1 heterocycles. The van der Waals surface area contributed by atoms with E-state index in [0.717, 1.165) is 0 Å². The molecule has 1 amide bonds. The van der Waals surface area contributed by atoms with Crippen molar-refractivity contribution in [3.8, 4) is 5.75 Å². The van der Waals surface area contributed by atoms with Crippen LogP contribution in [0.15, 0.2) is 28.7 Å². The second-order valence-corrected chi connectivity index (χ2v) is 7.50. The number of benzene rings is 1. The number of methoxy groups -OCH3 is 1. The summed E-state index contributed by atoms with van der Waals surface area (Å²) in [5, 5.41) is -0.256. The number of rotatable bonds is 5. The van der Waals surface area contributed by atoms with Gasteiger partial charge >= 0.3 is 12.1 Å². The van der Waals surface area contributed by atoms with Crippen LogP contribution in [0.4, 0.5) is 13.2 Å². The van der Waals surface area contributed by atoms with Crippen LogP contribution in [0.5, 0.6) is 5.75 Å². The molecule has 150 valence electrons. The van der Waals surface area contributed by atoms with Gasteiger partial charge in [0.25, 0.3) is 10.0 Å². The zero-order valence-electron chi connectivity index (χ0n) is 14.9. The number of likely N-dealkylation sites (N-methyl/N-ethyl adjacent to an activating group) is 1. The monoisotopic (exact) mass is 407 g/mol. The van der Waals surface area contributed by atoms with E-state index in [1.165, 1.54) is 19.2 Å². The molecule has 1 aliphatic heterocycles. The third-order valence-corrected chi connectivity index (χ3v) is 5.69. The number of alkyl halides is 3. The van der Waals surface area contributed by atoms with Crippen molar-refractivity contribution >= 4 is 21.8 Å². The highest BCUT2D eigenvalue weighted by Gasteiger charge is 2.50. The standard InChI is InChI=1S/C16H20F3N3O4S/c1-4-22(5-2)13-12(10-6-8-11(26-3)9-7-10)14(27(24,25)21-13)20-15(23)16(17,18)19/h6-9,12,14H,4-5H2,1-3H3,(H,20,23)/t12-,14-/m0/s1. The van der Waals surface area contributed by atoms with Gasteiger partial charge in [-0.25, -0.2) is 8.42 Å². The summed E-state index contributed by atoms with van der Waals surface area (Å²) in [5.74, 6) is -2.81. The zero-order valence-corrected chi connectivity index (χ0v) is 15.8. The SMILES string of the molecule is CCN(CC)C1=NS(=O)(=O)[C@H](NC(=O)C(F)(F)F)[C@H]1c1ccc(OC)cc1. The Morgan fingerprint density at radius 1 is 1.22 bits per heavy atom. The summed E-state index contributed by atoms with van der Waals surface area (Å²) < 4.78 is 71.7. The van der Waals surface area contributed by atoms with Crippen molar-refractivity contribution in [2.24, 2.45) is 4.40 Å². The molecule has 0 fully saturated rings. The third kappa shape index (κ3) is 4.34. The molecule has 0 aromatic heterocycles. The predicted octanol–water partition coefficient (Wildman–Crippen LogP) is 1.87. The van der Waals surface area contributed by atoms with Gasteiger partial charge in [-0.1, -0.05) is 12.1 Å². The number of carbonyl (C=O) groups is 1. The summed E-state index contributed by atoms with van der Waals surface area (Å²) >= 11 is 0. The van der Waals surface area contributed by atoms with E-state index in [1.54, 1.807) is 36.2 Å². The quantitative estimate of drug-likeness (QED) is 0.805. The van der Waals surface area contributed by atoms with E-state index in [-0.39, 0.29) is 5.84 Å². The minimum Gasteiger partial charge on any atom is -0.497 e. The van der Waals surface area contributed by atoms with E-state index < -0.39 is 33.4 Å². The second kappa shape index (κ2) is 7.75. The van der Waals surface area contributed by atoms with Crippen molar-refractivity contribution in [3.63, 3.8) is 0 Å². The molecule has 7 nitrogen and oxygen atoms in total. The Balaban J connectivity index is 2.53. The lowest BCUT2D eigenvalue weighted by Crippen LogP contribution is -2.49. The topological polar surface area (TPSA) is 88.1 Å². The molecule has 1 aromatic carbocycles. The number of hydrogen-bond donors (Lipinski definition) is 1. The van der Waals surface area contributed by atoms with Crippen LogP contribution >= 0.6 is 0 Å².